The van der Waals surface area contributed by atoms with Gasteiger partial charge in [0, 0.05) is 6.54 Å². The number of morpholine rings is 1. The molecule has 6 nitrogen and oxygen atoms in total. The lowest BCUT2D eigenvalue weighted by Crippen LogP contribution is -2.42. The number of benzene rings is 1. The number of hydrogen-bond acceptors (Lipinski definition) is 5. The van der Waals surface area contributed by atoms with Crippen LogP contribution in [0.5, 0.6) is 5.75 Å². The van der Waals surface area contributed by atoms with Gasteiger partial charge in [-0.1, -0.05) is 12.1 Å². The Morgan fingerprint density at radius 3 is 3.05 bits per heavy atom. The van der Waals surface area contributed by atoms with Crippen molar-refractivity contribution >= 4 is 5.91 Å². The number of hydrogen-bond donors (Lipinski definition) is 1. The summed E-state index contributed by atoms with van der Waals surface area (Å²) in [5.74, 6) is 0.116. The lowest BCUT2D eigenvalue weighted by Gasteiger charge is -2.33. The average molecular weight is 299 g/mol. The second-order valence-electron chi connectivity index (χ2n) is 5.29. The van der Waals surface area contributed by atoms with Crippen LogP contribution >= 0.6 is 0 Å². The lowest BCUT2D eigenvalue weighted by atomic mass is 10.1. The van der Waals surface area contributed by atoms with Crippen molar-refractivity contribution in [1.29, 1.82) is 0 Å². The third-order valence-corrected chi connectivity index (χ3v) is 3.62. The fourth-order valence-electron chi connectivity index (χ4n) is 2.53. The van der Waals surface area contributed by atoms with E-state index in [4.69, 9.17) is 4.74 Å². The molecule has 1 saturated heterocycles. The van der Waals surface area contributed by atoms with Gasteiger partial charge in [-0.2, -0.15) is 10.2 Å². The van der Waals surface area contributed by atoms with Crippen LogP contribution in [0.15, 0.2) is 36.5 Å². The smallest absolute Gasteiger partial charge is 0.255 e. The fourth-order valence-corrected chi connectivity index (χ4v) is 2.53. The van der Waals surface area contributed by atoms with E-state index >= 15 is 0 Å². The van der Waals surface area contributed by atoms with Gasteiger partial charge in [0.1, 0.15) is 11.9 Å². The molecule has 0 aliphatic carbocycles. The molecule has 3 rings (SSSR count). The Hall–Kier alpha value is -2.47. The minimum absolute atomic E-state index is 0.0774. The molecule has 0 bridgehead atoms. The largest absolute Gasteiger partial charge is 0.508 e. The van der Waals surface area contributed by atoms with Gasteiger partial charge in [0.05, 0.1) is 30.6 Å². The van der Waals surface area contributed by atoms with Gasteiger partial charge in [-0.25, -0.2) is 0 Å². The first kappa shape index (κ1) is 14.5. The highest BCUT2D eigenvalue weighted by Crippen LogP contribution is 2.25. The number of phenolic OH excluding ortho intramolecular Hbond substituents is 1. The Balaban J connectivity index is 1.77. The van der Waals surface area contributed by atoms with Crippen LogP contribution in [0.1, 0.15) is 27.7 Å². The summed E-state index contributed by atoms with van der Waals surface area (Å²) in [7, 11) is 0. The number of carbonyl (C=O) groups excluding carboxylic acids is 1. The highest BCUT2D eigenvalue weighted by Gasteiger charge is 2.26. The van der Waals surface area contributed by atoms with Crippen LogP contribution < -0.4 is 0 Å². The predicted octanol–water partition coefficient (Wildman–Crippen LogP) is 1.70. The third-order valence-electron chi connectivity index (χ3n) is 3.62. The molecule has 2 heterocycles. The molecule has 0 saturated carbocycles. The minimum Gasteiger partial charge on any atom is -0.508 e. The van der Waals surface area contributed by atoms with Gasteiger partial charge in [0.15, 0.2) is 0 Å². The van der Waals surface area contributed by atoms with E-state index < -0.39 is 0 Å². The first-order valence-corrected chi connectivity index (χ1v) is 7.12. The molecule has 1 fully saturated rings. The number of nitrogens with zero attached hydrogens (tertiary/aromatic N) is 3. The van der Waals surface area contributed by atoms with E-state index in [1.54, 1.807) is 36.1 Å². The number of amides is 1. The monoisotopic (exact) mass is 299 g/mol. The summed E-state index contributed by atoms with van der Waals surface area (Å²) in [5, 5.41) is 17.3. The van der Waals surface area contributed by atoms with Crippen LogP contribution in [0.2, 0.25) is 0 Å². The van der Waals surface area contributed by atoms with Crippen molar-refractivity contribution in [3.63, 3.8) is 0 Å². The van der Waals surface area contributed by atoms with Crippen LogP contribution in [-0.4, -0.2) is 45.8 Å². The first-order chi connectivity index (χ1) is 10.6. The molecule has 1 aromatic heterocycles. The molecule has 1 unspecified atom stereocenters. The van der Waals surface area contributed by atoms with Crippen molar-refractivity contribution in [3.05, 3.63) is 53.3 Å². The first-order valence-electron chi connectivity index (χ1n) is 7.12. The number of carbonyl (C=O) groups is 1. The van der Waals surface area contributed by atoms with Gasteiger partial charge in [-0.05, 0) is 30.7 Å². The Labute approximate surface area is 128 Å². The van der Waals surface area contributed by atoms with Crippen molar-refractivity contribution in [2.75, 3.05) is 19.7 Å². The van der Waals surface area contributed by atoms with E-state index in [0.29, 0.717) is 31.0 Å². The van der Waals surface area contributed by atoms with Crippen molar-refractivity contribution in [3.8, 4) is 5.75 Å². The molecule has 2 aromatic rings. The maximum absolute atomic E-state index is 12.5. The van der Waals surface area contributed by atoms with Gasteiger partial charge in [-0.3, -0.25) is 4.79 Å². The Morgan fingerprint density at radius 1 is 1.41 bits per heavy atom. The van der Waals surface area contributed by atoms with E-state index in [1.165, 1.54) is 6.20 Å². The number of rotatable bonds is 2. The van der Waals surface area contributed by atoms with Crippen molar-refractivity contribution in [2.24, 2.45) is 0 Å². The SMILES string of the molecule is Cc1cc(C(=O)N2CCOC(c3cccc(O)c3)C2)cnn1. The molecule has 1 aromatic carbocycles. The predicted molar refractivity (Wildman–Crippen MR) is 79.5 cm³/mol. The van der Waals surface area contributed by atoms with E-state index in [2.05, 4.69) is 10.2 Å². The zero-order valence-corrected chi connectivity index (χ0v) is 12.3. The molecule has 1 aliphatic heterocycles. The van der Waals surface area contributed by atoms with Crippen LogP contribution in [0.25, 0.3) is 0 Å². The average Bonchev–Trinajstić information content (AvgIpc) is 2.54. The molecule has 6 heteroatoms. The van der Waals surface area contributed by atoms with Crippen molar-refractivity contribution in [1.82, 2.24) is 15.1 Å². The van der Waals surface area contributed by atoms with Crippen LogP contribution in [-0.2, 0) is 4.74 Å². The number of aryl methyl sites for hydroxylation is 1. The Kier molecular flexibility index (Phi) is 4.02. The normalized spacial score (nSPS) is 18.2. The lowest BCUT2D eigenvalue weighted by molar-refractivity contribution is -0.0229. The topological polar surface area (TPSA) is 75.6 Å². The summed E-state index contributed by atoms with van der Waals surface area (Å²) in [6.45, 7) is 3.25. The molecular formula is C16H17N3O3. The van der Waals surface area contributed by atoms with Crippen LogP contribution in [0.3, 0.4) is 0 Å². The third kappa shape index (κ3) is 3.07. The second kappa shape index (κ2) is 6.11. The van der Waals surface area contributed by atoms with Crippen molar-refractivity contribution < 1.29 is 14.6 Å². The zero-order chi connectivity index (χ0) is 15.5. The maximum atomic E-state index is 12.5. The van der Waals surface area contributed by atoms with Gasteiger partial charge in [0.25, 0.3) is 5.91 Å². The summed E-state index contributed by atoms with van der Waals surface area (Å²) in [4.78, 5) is 14.3. The molecular weight excluding hydrogens is 282 g/mol. The van der Waals surface area contributed by atoms with Crippen LogP contribution in [0, 0.1) is 6.92 Å². The van der Waals surface area contributed by atoms with Gasteiger partial charge >= 0.3 is 0 Å². The number of aromatic nitrogens is 2. The molecule has 1 atom stereocenters. The molecule has 1 N–H and O–H groups in total. The summed E-state index contributed by atoms with van der Waals surface area (Å²) >= 11 is 0. The number of phenols is 1. The van der Waals surface area contributed by atoms with E-state index in [0.717, 1.165) is 5.56 Å². The molecule has 0 spiro atoms. The summed E-state index contributed by atoms with van der Waals surface area (Å²) in [6.07, 6.45) is 1.24. The van der Waals surface area contributed by atoms with Crippen LogP contribution in [0.4, 0.5) is 0 Å². The van der Waals surface area contributed by atoms with E-state index in [-0.39, 0.29) is 17.8 Å². The van der Waals surface area contributed by atoms with E-state index in [9.17, 15) is 9.90 Å². The quantitative estimate of drug-likeness (QED) is 0.913. The number of ether oxygens (including phenoxy) is 1. The summed E-state index contributed by atoms with van der Waals surface area (Å²) in [6, 6.07) is 8.66. The maximum Gasteiger partial charge on any atom is 0.255 e. The van der Waals surface area contributed by atoms with E-state index in [1.807, 2.05) is 6.07 Å². The molecule has 1 amide bonds. The fraction of sp³-hybridized carbons (Fsp3) is 0.312. The number of aromatic hydroxyl groups is 1. The summed E-state index contributed by atoms with van der Waals surface area (Å²) < 4.78 is 5.73. The standard InChI is InChI=1S/C16H17N3O3/c1-11-7-13(9-17-18-11)16(21)19-5-6-22-15(10-19)12-3-2-4-14(20)8-12/h2-4,7-9,15,20H,5-6,10H2,1H3. The van der Waals surface area contributed by atoms with Crippen molar-refractivity contribution in [2.45, 2.75) is 13.0 Å². The second-order valence-corrected chi connectivity index (χ2v) is 5.29. The van der Waals surface area contributed by atoms with Gasteiger partial charge in [0.2, 0.25) is 0 Å². The molecule has 0 radical (unpaired) electrons. The summed E-state index contributed by atoms with van der Waals surface area (Å²) in [5.41, 5.74) is 2.11. The molecule has 114 valence electrons. The zero-order valence-electron chi connectivity index (χ0n) is 12.3. The highest BCUT2D eigenvalue weighted by atomic mass is 16.5. The Morgan fingerprint density at radius 2 is 2.27 bits per heavy atom. The van der Waals surface area contributed by atoms with Gasteiger partial charge < -0.3 is 14.7 Å². The molecule has 1 aliphatic rings. The highest BCUT2D eigenvalue weighted by molar-refractivity contribution is 5.94. The molecule has 22 heavy (non-hydrogen) atoms. The Bertz CT molecular complexity index is 690. The minimum atomic E-state index is -0.235. The van der Waals surface area contributed by atoms with Gasteiger partial charge in [-0.15, -0.1) is 0 Å².